The summed E-state index contributed by atoms with van der Waals surface area (Å²) < 4.78 is 63.2. The van der Waals surface area contributed by atoms with Gasteiger partial charge in [0.05, 0.1) is 22.5 Å². The summed E-state index contributed by atoms with van der Waals surface area (Å²) in [6.07, 6.45) is 0.854. The Kier molecular flexibility index (Phi) is 8.76. The number of nitrogens with one attached hydrogen (secondary N) is 3. The van der Waals surface area contributed by atoms with Crippen molar-refractivity contribution in [1.29, 1.82) is 0 Å². The summed E-state index contributed by atoms with van der Waals surface area (Å²) in [5, 5.41) is 12.5. The standard InChI is InChI=1S/C30H29N5O7S2/c31-24-13-7-8-14-25(24)32-30(37)26(33-43(38,39)23-11-5-2-6-12-23)17-22-15-16-27(35-19-29(36)34-44(35,40)41)28(18-22)42-20-21-9-3-1-4-10-21/h1-16,18-19,26,33-34,36H,17,20,31H2,(H,32,37). The predicted octanol–water partition coefficient (Wildman–Crippen LogP) is 3.39. The molecule has 44 heavy (non-hydrogen) atoms. The van der Waals surface area contributed by atoms with Gasteiger partial charge >= 0.3 is 10.2 Å². The second-order valence-electron chi connectivity index (χ2n) is 9.76. The molecule has 4 aromatic carbocycles. The van der Waals surface area contributed by atoms with Gasteiger partial charge in [0, 0.05) is 0 Å². The molecule has 0 saturated heterocycles. The van der Waals surface area contributed by atoms with E-state index in [1.807, 2.05) is 35.1 Å². The van der Waals surface area contributed by atoms with Gasteiger partial charge in [0.1, 0.15) is 24.1 Å². The lowest BCUT2D eigenvalue weighted by Gasteiger charge is -2.22. The summed E-state index contributed by atoms with van der Waals surface area (Å²) in [5.41, 5.74) is 7.94. The van der Waals surface area contributed by atoms with Gasteiger partial charge in [0.15, 0.2) is 0 Å². The SMILES string of the molecule is Nc1ccccc1NC(=O)C(Cc1ccc(N2C=C(O)NS2(=O)=O)c(OCc2ccccc2)c1)NS(=O)(=O)c1ccccc1. The van der Waals surface area contributed by atoms with Crippen molar-refractivity contribution >= 4 is 43.2 Å². The van der Waals surface area contributed by atoms with Crippen LogP contribution in [0.15, 0.2) is 120 Å². The van der Waals surface area contributed by atoms with Gasteiger partial charge in [0.2, 0.25) is 21.8 Å². The van der Waals surface area contributed by atoms with Crippen LogP contribution in [0.5, 0.6) is 5.75 Å². The van der Waals surface area contributed by atoms with Crippen molar-refractivity contribution in [1.82, 2.24) is 9.44 Å². The summed E-state index contributed by atoms with van der Waals surface area (Å²) in [4.78, 5) is 13.5. The highest BCUT2D eigenvalue weighted by molar-refractivity contribution is 7.91. The summed E-state index contributed by atoms with van der Waals surface area (Å²) >= 11 is 0. The molecule has 4 aromatic rings. The molecule has 0 spiro atoms. The summed E-state index contributed by atoms with van der Waals surface area (Å²) in [7, 11) is -8.28. The first-order valence-corrected chi connectivity index (χ1v) is 16.2. The molecule has 1 unspecified atom stereocenters. The highest BCUT2D eigenvalue weighted by Crippen LogP contribution is 2.34. The van der Waals surface area contributed by atoms with Crippen LogP contribution in [0, 0.1) is 0 Å². The number of benzene rings is 4. The topological polar surface area (TPSA) is 180 Å². The van der Waals surface area contributed by atoms with Gasteiger partial charge in [-0.1, -0.05) is 66.7 Å². The van der Waals surface area contributed by atoms with Crippen LogP contribution in [0.4, 0.5) is 17.1 Å². The van der Waals surface area contributed by atoms with E-state index >= 15 is 0 Å². The third-order valence-electron chi connectivity index (χ3n) is 6.56. The Morgan fingerprint density at radius 1 is 0.932 bits per heavy atom. The molecule has 1 heterocycles. The quantitative estimate of drug-likeness (QED) is 0.156. The maximum atomic E-state index is 13.5. The molecule has 0 aromatic heterocycles. The molecule has 12 nitrogen and oxygen atoms in total. The molecule has 6 N–H and O–H groups in total. The maximum Gasteiger partial charge on any atom is 0.330 e. The number of hydrogen-bond acceptors (Lipinski definition) is 8. The van der Waals surface area contributed by atoms with Crippen LogP contribution in [0.1, 0.15) is 11.1 Å². The molecule has 0 saturated carbocycles. The second-order valence-corrected chi connectivity index (χ2v) is 13.0. The third kappa shape index (κ3) is 7.11. The zero-order valence-electron chi connectivity index (χ0n) is 23.1. The first-order chi connectivity index (χ1) is 21.0. The first kappa shape index (κ1) is 30.4. The number of nitrogen functional groups attached to an aromatic ring is 1. The smallest absolute Gasteiger partial charge is 0.330 e. The van der Waals surface area contributed by atoms with E-state index in [0.717, 1.165) is 16.1 Å². The number of sulfonamides is 1. The van der Waals surface area contributed by atoms with Crippen LogP contribution in [-0.2, 0) is 38.1 Å². The Bertz CT molecular complexity index is 1900. The lowest BCUT2D eigenvalue weighted by Crippen LogP contribution is -2.45. The highest BCUT2D eigenvalue weighted by Gasteiger charge is 2.32. The molecule has 1 atom stereocenters. The van der Waals surface area contributed by atoms with Gasteiger partial charge in [-0.15, -0.1) is 0 Å². The van der Waals surface area contributed by atoms with E-state index in [-0.39, 0.29) is 29.4 Å². The van der Waals surface area contributed by atoms with Gasteiger partial charge < -0.3 is 20.9 Å². The average Bonchev–Trinajstić information content (AvgIpc) is 3.29. The number of ether oxygens (including phenoxy) is 1. The van der Waals surface area contributed by atoms with Crippen molar-refractivity contribution in [2.75, 3.05) is 15.4 Å². The maximum absolute atomic E-state index is 13.5. The van der Waals surface area contributed by atoms with Gasteiger partial charge in [-0.3, -0.25) is 4.79 Å². The van der Waals surface area contributed by atoms with E-state index in [1.165, 1.54) is 30.3 Å². The van der Waals surface area contributed by atoms with Crippen molar-refractivity contribution < 1.29 is 31.5 Å². The number of nitrogens with two attached hydrogens (primary N) is 1. The third-order valence-corrected chi connectivity index (χ3v) is 9.33. The predicted molar refractivity (Wildman–Crippen MR) is 166 cm³/mol. The fourth-order valence-corrected chi connectivity index (χ4v) is 6.70. The summed E-state index contributed by atoms with van der Waals surface area (Å²) in [6.45, 7) is 0.0755. The molecule has 5 rings (SSSR count). The van der Waals surface area contributed by atoms with Crippen molar-refractivity contribution in [3.63, 3.8) is 0 Å². The summed E-state index contributed by atoms with van der Waals surface area (Å²) in [5.74, 6) is -1.13. The largest absolute Gasteiger partial charge is 0.493 e. The Labute approximate surface area is 255 Å². The Morgan fingerprint density at radius 2 is 1.59 bits per heavy atom. The number of aliphatic hydroxyl groups is 1. The molecule has 1 aliphatic heterocycles. The molecule has 0 bridgehead atoms. The molecular formula is C30H29N5O7S2. The zero-order valence-corrected chi connectivity index (χ0v) is 24.8. The molecule has 14 heteroatoms. The van der Waals surface area contributed by atoms with Crippen molar-refractivity contribution in [2.24, 2.45) is 0 Å². The van der Waals surface area contributed by atoms with Crippen molar-refractivity contribution in [3.8, 4) is 5.75 Å². The number of carbonyl (C=O) groups is 1. The second kappa shape index (κ2) is 12.7. The number of hydrogen-bond donors (Lipinski definition) is 5. The fraction of sp³-hybridized carbons (Fsp3) is 0.100. The number of aliphatic hydroxyl groups excluding tert-OH is 1. The highest BCUT2D eigenvalue weighted by atomic mass is 32.2. The molecule has 0 radical (unpaired) electrons. The lowest BCUT2D eigenvalue weighted by atomic mass is 10.0. The minimum absolute atomic E-state index is 0.0300. The molecule has 0 aliphatic carbocycles. The van der Waals surface area contributed by atoms with E-state index in [2.05, 4.69) is 10.0 Å². The van der Waals surface area contributed by atoms with Gasteiger partial charge in [-0.2, -0.15) is 13.1 Å². The average molecular weight is 636 g/mol. The van der Waals surface area contributed by atoms with Gasteiger partial charge in [-0.25, -0.2) is 17.4 Å². The minimum atomic E-state index is -4.14. The van der Waals surface area contributed by atoms with Gasteiger partial charge in [0.25, 0.3) is 0 Å². The molecule has 228 valence electrons. The zero-order chi connectivity index (χ0) is 31.3. The van der Waals surface area contributed by atoms with Crippen LogP contribution in [0.3, 0.4) is 0 Å². The normalized spacial score (nSPS) is 14.7. The van der Waals surface area contributed by atoms with Crippen molar-refractivity contribution in [2.45, 2.75) is 24.0 Å². The van der Waals surface area contributed by atoms with Gasteiger partial charge in [-0.05, 0) is 53.9 Å². The van der Waals surface area contributed by atoms with E-state index < -0.39 is 38.1 Å². The van der Waals surface area contributed by atoms with E-state index in [0.29, 0.717) is 16.9 Å². The molecular weight excluding hydrogens is 606 g/mol. The fourth-order valence-electron chi connectivity index (χ4n) is 4.41. The molecule has 1 aliphatic rings. The van der Waals surface area contributed by atoms with E-state index in [9.17, 15) is 26.7 Å². The number of amides is 1. The van der Waals surface area contributed by atoms with Crippen LogP contribution in [0.2, 0.25) is 0 Å². The molecule has 1 amide bonds. The van der Waals surface area contributed by atoms with Crippen LogP contribution >= 0.6 is 0 Å². The Balaban J connectivity index is 1.49. The molecule has 0 fully saturated rings. The van der Waals surface area contributed by atoms with Crippen LogP contribution in [-0.4, -0.2) is 33.9 Å². The van der Waals surface area contributed by atoms with Crippen molar-refractivity contribution in [3.05, 3.63) is 126 Å². The number of rotatable bonds is 11. The number of anilines is 3. The Morgan fingerprint density at radius 3 is 2.25 bits per heavy atom. The first-order valence-electron chi connectivity index (χ1n) is 13.3. The van der Waals surface area contributed by atoms with Crippen LogP contribution < -0.4 is 29.5 Å². The number of carbonyl (C=O) groups excluding carboxylic acids is 1. The van der Waals surface area contributed by atoms with E-state index in [4.69, 9.17) is 10.5 Å². The van der Waals surface area contributed by atoms with E-state index in [1.54, 1.807) is 42.5 Å². The monoisotopic (exact) mass is 635 g/mol. The van der Waals surface area contributed by atoms with Crippen LogP contribution in [0.25, 0.3) is 0 Å². The lowest BCUT2D eigenvalue weighted by molar-refractivity contribution is -0.117. The summed E-state index contributed by atoms with van der Waals surface area (Å²) in [6, 6.07) is 26.5. The Hall–Kier alpha value is -5.05. The minimum Gasteiger partial charge on any atom is -0.493 e. The number of nitrogens with zero attached hydrogens (tertiary/aromatic N) is 1. The number of para-hydroxylation sites is 2.